The van der Waals surface area contributed by atoms with Gasteiger partial charge in [-0.2, -0.15) is 0 Å². The number of unbranched alkanes of at least 4 members (excludes halogenated alkanes) is 3. The maximum Gasteiger partial charge on any atom is 0.0235 e. The van der Waals surface area contributed by atoms with Crippen LogP contribution in [-0.4, -0.2) is 62.2 Å². The second-order valence-electron chi connectivity index (χ2n) is 5.48. The van der Waals surface area contributed by atoms with Crippen LogP contribution < -0.4 is 5.32 Å². The first-order valence-corrected chi connectivity index (χ1v) is 7.92. The molecule has 3 nitrogen and oxygen atoms in total. The lowest BCUT2D eigenvalue weighted by molar-refractivity contribution is 0.210. The van der Waals surface area contributed by atoms with Gasteiger partial charge in [-0.25, -0.2) is 0 Å². The summed E-state index contributed by atoms with van der Waals surface area (Å²) in [5.74, 6) is 0. The largest absolute Gasteiger partial charge is 0.320 e. The lowest BCUT2D eigenvalue weighted by Gasteiger charge is -2.26. The van der Waals surface area contributed by atoms with E-state index in [4.69, 9.17) is 0 Å². The Morgan fingerprint density at radius 2 is 1.83 bits per heavy atom. The summed E-state index contributed by atoms with van der Waals surface area (Å²) in [5.41, 5.74) is 0. The standard InChI is InChI=1S/C15H33N3/c1-4-18(5-2)15-10-13-17(14-15)12-9-7-6-8-11-16-3/h15-16H,4-14H2,1-3H3. The van der Waals surface area contributed by atoms with E-state index in [-0.39, 0.29) is 0 Å². The van der Waals surface area contributed by atoms with Gasteiger partial charge in [-0.1, -0.05) is 26.7 Å². The van der Waals surface area contributed by atoms with Crippen LogP contribution in [0.15, 0.2) is 0 Å². The van der Waals surface area contributed by atoms with Gasteiger partial charge in [0.05, 0.1) is 0 Å². The second-order valence-corrected chi connectivity index (χ2v) is 5.48. The molecule has 18 heavy (non-hydrogen) atoms. The maximum atomic E-state index is 3.21. The number of likely N-dealkylation sites (tertiary alicyclic amines) is 1. The zero-order valence-corrected chi connectivity index (χ0v) is 12.7. The summed E-state index contributed by atoms with van der Waals surface area (Å²) in [4.78, 5) is 5.29. The first-order valence-electron chi connectivity index (χ1n) is 7.92. The molecule has 1 unspecified atom stereocenters. The Hall–Kier alpha value is -0.120. The first-order chi connectivity index (χ1) is 8.81. The van der Waals surface area contributed by atoms with E-state index >= 15 is 0 Å². The molecule has 0 radical (unpaired) electrons. The summed E-state index contributed by atoms with van der Waals surface area (Å²) in [6.07, 6.45) is 6.87. The van der Waals surface area contributed by atoms with Gasteiger partial charge in [0.2, 0.25) is 0 Å². The quantitative estimate of drug-likeness (QED) is 0.604. The molecule has 108 valence electrons. The van der Waals surface area contributed by atoms with E-state index in [2.05, 4.69) is 29.0 Å². The fourth-order valence-corrected chi connectivity index (χ4v) is 3.04. The van der Waals surface area contributed by atoms with Gasteiger partial charge < -0.3 is 10.2 Å². The highest BCUT2D eigenvalue weighted by molar-refractivity contribution is 4.82. The van der Waals surface area contributed by atoms with Crippen LogP contribution in [0.3, 0.4) is 0 Å². The van der Waals surface area contributed by atoms with E-state index in [0.717, 1.165) is 6.04 Å². The third-order valence-electron chi connectivity index (χ3n) is 4.23. The first kappa shape index (κ1) is 15.9. The predicted octanol–water partition coefficient (Wildman–Crippen LogP) is 2.18. The van der Waals surface area contributed by atoms with Crippen molar-refractivity contribution >= 4 is 0 Å². The number of hydrogen-bond acceptors (Lipinski definition) is 3. The Labute approximate surface area is 114 Å². The Morgan fingerprint density at radius 1 is 1.11 bits per heavy atom. The fourth-order valence-electron chi connectivity index (χ4n) is 3.04. The molecule has 0 saturated carbocycles. The highest BCUT2D eigenvalue weighted by Crippen LogP contribution is 2.16. The molecule has 1 rings (SSSR count). The van der Waals surface area contributed by atoms with Gasteiger partial charge in [-0.3, -0.25) is 4.90 Å². The molecular formula is C15H33N3. The van der Waals surface area contributed by atoms with E-state index in [1.54, 1.807) is 0 Å². The molecule has 1 N–H and O–H groups in total. The van der Waals surface area contributed by atoms with E-state index in [9.17, 15) is 0 Å². The Morgan fingerprint density at radius 3 is 2.50 bits per heavy atom. The van der Waals surface area contributed by atoms with Crippen molar-refractivity contribution in [3.8, 4) is 0 Å². The van der Waals surface area contributed by atoms with Crippen molar-refractivity contribution in [2.24, 2.45) is 0 Å². The molecule has 0 bridgehead atoms. The Kier molecular flexibility index (Phi) is 8.64. The van der Waals surface area contributed by atoms with Crippen molar-refractivity contribution in [2.75, 3.05) is 46.3 Å². The third kappa shape index (κ3) is 5.68. The third-order valence-corrected chi connectivity index (χ3v) is 4.23. The van der Waals surface area contributed by atoms with Crippen molar-refractivity contribution in [1.82, 2.24) is 15.1 Å². The molecule has 1 fully saturated rings. The number of rotatable bonds is 10. The van der Waals surface area contributed by atoms with Gasteiger partial charge in [0, 0.05) is 12.6 Å². The average Bonchev–Trinajstić information content (AvgIpc) is 2.84. The predicted molar refractivity (Wildman–Crippen MR) is 80.2 cm³/mol. The van der Waals surface area contributed by atoms with Crippen LogP contribution in [0.2, 0.25) is 0 Å². The average molecular weight is 255 g/mol. The van der Waals surface area contributed by atoms with Crippen molar-refractivity contribution in [1.29, 1.82) is 0 Å². The number of nitrogens with one attached hydrogen (secondary N) is 1. The van der Waals surface area contributed by atoms with Crippen molar-refractivity contribution in [3.05, 3.63) is 0 Å². The molecule has 1 heterocycles. The Balaban J connectivity index is 2.04. The molecule has 0 spiro atoms. The molecule has 3 heteroatoms. The van der Waals surface area contributed by atoms with Crippen molar-refractivity contribution < 1.29 is 0 Å². The molecular weight excluding hydrogens is 222 g/mol. The topological polar surface area (TPSA) is 18.5 Å². The van der Waals surface area contributed by atoms with Crippen LogP contribution in [0, 0.1) is 0 Å². The SMILES string of the molecule is CCN(CC)C1CCN(CCCCCCNC)C1. The second kappa shape index (κ2) is 9.76. The maximum absolute atomic E-state index is 3.21. The van der Waals surface area contributed by atoms with Gasteiger partial charge in [0.15, 0.2) is 0 Å². The van der Waals surface area contributed by atoms with E-state index in [1.807, 2.05) is 7.05 Å². The molecule has 0 aromatic heterocycles. The van der Waals surface area contributed by atoms with Gasteiger partial charge in [-0.15, -0.1) is 0 Å². The smallest absolute Gasteiger partial charge is 0.0235 e. The summed E-state index contributed by atoms with van der Waals surface area (Å²) in [5, 5.41) is 3.21. The van der Waals surface area contributed by atoms with Crippen LogP contribution in [-0.2, 0) is 0 Å². The van der Waals surface area contributed by atoms with Gasteiger partial charge in [-0.05, 0) is 59.0 Å². The summed E-state index contributed by atoms with van der Waals surface area (Å²) < 4.78 is 0. The fraction of sp³-hybridized carbons (Fsp3) is 1.00. The molecule has 1 saturated heterocycles. The summed E-state index contributed by atoms with van der Waals surface area (Å²) in [7, 11) is 2.04. The highest BCUT2D eigenvalue weighted by atomic mass is 15.2. The molecule has 1 atom stereocenters. The Bertz CT molecular complexity index is 192. The van der Waals surface area contributed by atoms with Gasteiger partial charge in [0.1, 0.15) is 0 Å². The minimum absolute atomic E-state index is 0.823. The molecule has 0 amide bonds. The van der Waals surface area contributed by atoms with Gasteiger partial charge in [0.25, 0.3) is 0 Å². The van der Waals surface area contributed by atoms with Crippen molar-refractivity contribution in [2.45, 2.75) is 52.0 Å². The van der Waals surface area contributed by atoms with Gasteiger partial charge >= 0.3 is 0 Å². The van der Waals surface area contributed by atoms with E-state index in [0.29, 0.717) is 0 Å². The van der Waals surface area contributed by atoms with Crippen LogP contribution in [0.25, 0.3) is 0 Å². The summed E-state index contributed by atoms with van der Waals surface area (Å²) >= 11 is 0. The summed E-state index contributed by atoms with van der Waals surface area (Å²) in [6.45, 7) is 12.1. The minimum atomic E-state index is 0.823. The normalized spacial score (nSPS) is 21.0. The van der Waals surface area contributed by atoms with Crippen LogP contribution in [0.1, 0.15) is 46.0 Å². The van der Waals surface area contributed by atoms with Crippen LogP contribution in [0.4, 0.5) is 0 Å². The summed E-state index contributed by atoms with van der Waals surface area (Å²) in [6, 6.07) is 0.823. The molecule has 1 aliphatic heterocycles. The zero-order chi connectivity index (χ0) is 13.2. The zero-order valence-electron chi connectivity index (χ0n) is 12.7. The molecule has 1 aliphatic rings. The van der Waals surface area contributed by atoms with Crippen LogP contribution in [0.5, 0.6) is 0 Å². The lowest BCUT2D eigenvalue weighted by Crippen LogP contribution is -2.37. The number of nitrogens with zero attached hydrogens (tertiary/aromatic N) is 2. The highest BCUT2D eigenvalue weighted by Gasteiger charge is 2.25. The number of likely N-dealkylation sites (N-methyl/N-ethyl adjacent to an activating group) is 1. The molecule has 0 aromatic carbocycles. The number of hydrogen-bond donors (Lipinski definition) is 1. The van der Waals surface area contributed by atoms with E-state index in [1.165, 1.54) is 71.4 Å². The molecule has 0 aromatic rings. The minimum Gasteiger partial charge on any atom is -0.320 e. The van der Waals surface area contributed by atoms with Crippen LogP contribution >= 0.6 is 0 Å². The lowest BCUT2D eigenvalue weighted by atomic mass is 10.2. The van der Waals surface area contributed by atoms with E-state index < -0.39 is 0 Å². The van der Waals surface area contributed by atoms with Crippen molar-refractivity contribution in [3.63, 3.8) is 0 Å². The molecule has 0 aliphatic carbocycles. The monoisotopic (exact) mass is 255 g/mol.